The number of rotatable bonds is 6. The monoisotopic (exact) mass is 417 g/mol. The molecule has 1 aromatic carbocycles. The van der Waals surface area contributed by atoms with Crippen molar-refractivity contribution in [3.05, 3.63) is 53.3 Å². The normalized spacial score (nSPS) is 10.0. The van der Waals surface area contributed by atoms with Gasteiger partial charge in [-0.25, -0.2) is 4.98 Å². The number of ether oxygens (including phenoxy) is 1. The molecule has 0 unspecified atom stereocenters. The fraction of sp³-hybridized carbons (Fsp3) is 0.263. The summed E-state index contributed by atoms with van der Waals surface area (Å²) in [7, 11) is 3.48. The van der Waals surface area contributed by atoms with E-state index in [1.807, 2.05) is 25.3 Å². The molecule has 0 saturated carbocycles. The predicted molar refractivity (Wildman–Crippen MR) is 112 cm³/mol. The Bertz CT molecular complexity index is 862. The summed E-state index contributed by atoms with van der Waals surface area (Å²) < 4.78 is 6.15. The van der Waals surface area contributed by atoms with Gasteiger partial charge in [0.15, 0.2) is 0 Å². The number of benzene rings is 1. The molecule has 3 rings (SSSR count). The molecule has 0 amide bonds. The van der Waals surface area contributed by atoms with Crippen molar-refractivity contribution in [1.29, 1.82) is 0 Å². The van der Waals surface area contributed by atoms with Crippen LogP contribution in [0.5, 0.6) is 5.75 Å². The van der Waals surface area contributed by atoms with Gasteiger partial charge in [0.2, 0.25) is 5.95 Å². The van der Waals surface area contributed by atoms with E-state index in [1.54, 1.807) is 26.4 Å². The molecule has 2 heterocycles. The summed E-state index contributed by atoms with van der Waals surface area (Å²) >= 11 is 3.46. The van der Waals surface area contributed by atoms with Crippen LogP contribution in [0.4, 0.5) is 11.8 Å². The fourth-order valence-corrected chi connectivity index (χ4v) is 2.75. The van der Waals surface area contributed by atoms with Crippen molar-refractivity contribution in [2.75, 3.05) is 31.3 Å². The highest BCUT2D eigenvalue weighted by Crippen LogP contribution is 2.24. The van der Waals surface area contributed by atoms with Crippen molar-refractivity contribution in [1.82, 2.24) is 15.0 Å². The molecule has 26 heavy (non-hydrogen) atoms. The number of hydrogen-bond donors (Lipinski definition) is 3. The first-order valence-corrected chi connectivity index (χ1v) is 9.07. The second kappa shape index (κ2) is 9.82. The number of anilines is 2. The Morgan fingerprint density at radius 3 is 2.85 bits per heavy atom. The first-order chi connectivity index (χ1) is 12.6. The van der Waals surface area contributed by atoms with Crippen molar-refractivity contribution in [3.8, 4) is 5.75 Å². The lowest BCUT2D eigenvalue weighted by molar-refractivity contribution is 0.415. The number of aromatic nitrogens is 3. The molecular weight excluding hydrogens is 394 g/mol. The van der Waals surface area contributed by atoms with E-state index in [0.29, 0.717) is 5.95 Å². The van der Waals surface area contributed by atoms with Crippen molar-refractivity contribution < 1.29 is 4.74 Å². The molecule has 0 saturated heterocycles. The van der Waals surface area contributed by atoms with Crippen LogP contribution in [0.2, 0.25) is 0 Å². The van der Waals surface area contributed by atoms with Gasteiger partial charge in [-0.3, -0.25) is 0 Å². The Labute approximate surface area is 162 Å². The van der Waals surface area contributed by atoms with E-state index in [9.17, 15) is 0 Å². The van der Waals surface area contributed by atoms with Gasteiger partial charge >= 0.3 is 0 Å². The van der Waals surface area contributed by atoms with Crippen LogP contribution >= 0.6 is 15.9 Å². The van der Waals surface area contributed by atoms with Gasteiger partial charge in [0.25, 0.3) is 0 Å². The molecule has 3 aromatic rings. The maximum absolute atomic E-state index is 5.30. The van der Waals surface area contributed by atoms with E-state index in [4.69, 9.17) is 4.74 Å². The average Bonchev–Trinajstić information content (AvgIpc) is 3.06. The smallest absolute Gasteiger partial charge is 0.224 e. The van der Waals surface area contributed by atoms with E-state index in [2.05, 4.69) is 54.2 Å². The van der Waals surface area contributed by atoms with Crippen LogP contribution in [0.3, 0.4) is 0 Å². The number of allylic oxidation sites excluding steroid dienone is 1. The Morgan fingerprint density at radius 1 is 1.38 bits per heavy atom. The molecule has 0 atom stereocenters. The molecule has 138 valence electrons. The zero-order valence-corrected chi connectivity index (χ0v) is 16.9. The minimum atomic E-state index is 0.590. The van der Waals surface area contributed by atoms with E-state index in [0.717, 1.165) is 34.5 Å². The largest absolute Gasteiger partial charge is 0.497 e. The Kier molecular flexibility index (Phi) is 7.47. The maximum Gasteiger partial charge on any atom is 0.224 e. The number of fused-ring (bicyclic) bond motifs is 1. The topological polar surface area (TPSA) is 74.9 Å². The molecule has 0 spiro atoms. The second-order valence-corrected chi connectivity index (χ2v) is 6.30. The summed E-state index contributed by atoms with van der Waals surface area (Å²) in [6, 6.07) is 6.05. The van der Waals surface area contributed by atoms with Gasteiger partial charge in [-0.15, -0.1) is 6.58 Å². The van der Waals surface area contributed by atoms with Crippen LogP contribution in [0, 0.1) is 0 Å². The maximum atomic E-state index is 5.30. The van der Waals surface area contributed by atoms with Crippen LogP contribution < -0.4 is 15.4 Å². The van der Waals surface area contributed by atoms with Gasteiger partial charge in [0.05, 0.1) is 11.6 Å². The second-order valence-electron chi connectivity index (χ2n) is 5.45. The van der Waals surface area contributed by atoms with Gasteiger partial charge in [0.1, 0.15) is 11.6 Å². The van der Waals surface area contributed by atoms with Crippen molar-refractivity contribution >= 4 is 38.6 Å². The number of hydrogen-bond acceptors (Lipinski definition) is 5. The van der Waals surface area contributed by atoms with E-state index in [1.165, 1.54) is 10.9 Å². The highest BCUT2D eigenvalue weighted by Gasteiger charge is 2.07. The van der Waals surface area contributed by atoms with Gasteiger partial charge in [-0.05, 0) is 53.0 Å². The summed E-state index contributed by atoms with van der Waals surface area (Å²) in [5.41, 5.74) is 2.35. The van der Waals surface area contributed by atoms with E-state index in [-0.39, 0.29) is 0 Å². The number of H-pyrrole nitrogens is 1. The summed E-state index contributed by atoms with van der Waals surface area (Å²) in [5, 5.41) is 7.45. The molecule has 0 aliphatic carbocycles. The molecule has 0 aliphatic heterocycles. The van der Waals surface area contributed by atoms with Crippen LogP contribution in [0.1, 0.15) is 12.5 Å². The molecule has 6 nitrogen and oxygen atoms in total. The zero-order chi connectivity index (χ0) is 18.9. The van der Waals surface area contributed by atoms with Gasteiger partial charge in [-0.1, -0.05) is 6.08 Å². The zero-order valence-electron chi connectivity index (χ0n) is 15.3. The highest BCUT2D eigenvalue weighted by atomic mass is 79.9. The summed E-state index contributed by atoms with van der Waals surface area (Å²) in [6.45, 7) is 6.02. The van der Waals surface area contributed by atoms with Crippen molar-refractivity contribution in [2.24, 2.45) is 0 Å². The molecule has 7 heteroatoms. The first-order valence-electron chi connectivity index (χ1n) is 8.28. The molecule has 0 fully saturated rings. The standard InChI is InChI=1S/C16H18BrN5O.C3H6/c1-18-16-21-9-13(17)15(22-16)19-6-5-10-8-20-14-4-3-11(23-2)7-12(10)14;1-3-2/h3-4,7-9,20H,5-6H2,1-2H3,(H2,18,19,21,22);3H,1H2,2H3. The van der Waals surface area contributed by atoms with Crippen LogP contribution in [-0.4, -0.2) is 35.7 Å². The number of methoxy groups -OCH3 is 1. The Morgan fingerprint density at radius 2 is 2.15 bits per heavy atom. The van der Waals surface area contributed by atoms with E-state index < -0.39 is 0 Å². The molecule has 0 aliphatic rings. The van der Waals surface area contributed by atoms with Gasteiger partial charge in [-0.2, -0.15) is 4.98 Å². The summed E-state index contributed by atoms with van der Waals surface area (Å²) in [5.74, 6) is 2.23. The number of nitrogens with zero attached hydrogens (tertiary/aromatic N) is 2. The predicted octanol–water partition coefficient (Wildman–Crippen LogP) is 4.62. The number of halogens is 1. The first kappa shape index (κ1) is 19.8. The van der Waals surface area contributed by atoms with Crippen molar-refractivity contribution in [3.63, 3.8) is 0 Å². The minimum Gasteiger partial charge on any atom is -0.497 e. The summed E-state index contributed by atoms with van der Waals surface area (Å²) in [6.07, 6.45) is 6.40. The Balaban J connectivity index is 0.000000758. The lowest BCUT2D eigenvalue weighted by Gasteiger charge is -2.08. The highest BCUT2D eigenvalue weighted by molar-refractivity contribution is 9.10. The molecule has 3 N–H and O–H groups in total. The third-order valence-electron chi connectivity index (χ3n) is 3.63. The van der Waals surface area contributed by atoms with Crippen LogP contribution in [-0.2, 0) is 6.42 Å². The number of nitrogens with one attached hydrogen (secondary N) is 3. The van der Waals surface area contributed by atoms with Crippen molar-refractivity contribution in [2.45, 2.75) is 13.3 Å². The minimum absolute atomic E-state index is 0.590. The molecule has 2 aromatic heterocycles. The summed E-state index contributed by atoms with van der Waals surface area (Å²) in [4.78, 5) is 11.8. The van der Waals surface area contributed by atoms with Crippen LogP contribution in [0.15, 0.2) is 47.7 Å². The molecular formula is C19H24BrN5O. The molecule has 0 bridgehead atoms. The van der Waals surface area contributed by atoms with Gasteiger partial charge < -0.3 is 20.4 Å². The van der Waals surface area contributed by atoms with Gasteiger partial charge in [0, 0.05) is 36.9 Å². The molecule has 0 radical (unpaired) electrons. The Hall–Kier alpha value is -2.54. The fourth-order valence-electron chi connectivity index (χ4n) is 2.42. The SMILES string of the molecule is C=CC.CNc1ncc(Br)c(NCCc2c[nH]c3ccc(OC)cc23)n1. The lowest BCUT2D eigenvalue weighted by Crippen LogP contribution is -2.08. The third-order valence-corrected chi connectivity index (χ3v) is 4.21. The van der Waals surface area contributed by atoms with Crippen LogP contribution in [0.25, 0.3) is 10.9 Å². The quantitative estimate of drug-likeness (QED) is 0.510. The lowest BCUT2D eigenvalue weighted by atomic mass is 10.1. The average molecular weight is 418 g/mol. The van der Waals surface area contributed by atoms with E-state index >= 15 is 0 Å². The number of aromatic amines is 1. The third kappa shape index (κ3) is 4.98.